The zero-order chi connectivity index (χ0) is 23.5. The van der Waals surface area contributed by atoms with Crippen molar-refractivity contribution in [3.05, 3.63) is 91.0 Å². The molecule has 2 aromatic carbocycles. The molecule has 8 heteroatoms. The van der Waals surface area contributed by atoms with Crippen molar-refractivity contribution in [3.63, 3.8) is 0 Å². The first-order chi connectivity index (χ1) is 16.6. The Morgan fingerprint density at radius 1 is 0.853 bits per heavy atom. The minimum Gasteiger partial charge on any atom is -0.438 e. The van der Waals surface area contributed by atoms with Crippen LogP contribution in [0.5, 0.6) is 11.6 Å². The Morgan fingerprint density at radius 3 is 2.41 bits per heavy atom. The van der Waals surface area contributed by atoms with E-state index >= 15 is 0 Å². The molecule has 0 unspecified atom stereocenters. The third kappa shape index (κ3) is 4.09. The zero-order valence-electron chi connectivity index (χ0n) is 18.5. The minimum absolute atomic E-state index is 0.00290. The number of amides is 3. The highest BCUT2D eigenvalue weighted by Gasteiger charge is 2.37. The van der Waals surface area contributed by atoms with Gasteiger partial charge in [0.2, 0.25) is 5.88 Å². The van der Waals surface area contributed by atoms with Gasteiger partial charge in [-0.1, -0.05) is 25.1 Å². The molecule has 0 atom stereocenters. The highest BCUT2D eigenvalue weighted by Crippen LogP contribution is 2.32. The normalized spacial score (nSPS) is 13.4. The van der Waals surface area contributed by atoms with Gasteiger partial charge in [-0.3, -0.25) is 9.69 Å². The van der Waals surface area contributed by atoms with Crippen molar-refractivity contribution in [1.29, 1.82) is 0 Å². The van der Waals surface area contributed by atoms with E-state index in [4.69, 9.17) is 4.74 Å². The Morgan fingerprint density at radius 2 is 1.65 bits per heavy atom. The fourth-order valence-corrected chi connectivity index (χ4v) is 3.73. The fourth-order valence-electron chi connectivity index (χ4n) is 3.73. The summed E-state index contributed by atoms with van der Waals surface area (Å²) >= 11 is 0. The lowest BCUT2D eigenvalue weighted by molar-refractivity contribution is -0.115. The number of anilines is 2. The van der Waals surface area contributed by atoms with E-state index in [2.05, 4.69) is 15.0 Å². The number of urea groups is 1. The van der Waals surface area contributed by atoms with E-state index in [1.165, 1.54) is 9.80 Å². The Labute approximate surface area is 196 Å². The van der Waals surface area contributed by atoms with E-state index in [0.29, 0.717) is 23.0 Å². The maximum absolute atomic E-state index is 12.9. The Hall–Kier alpha value is -4.59. The summed E-state index contributed by atoms with van der Waals surface area (Å²) in [6.07, 6.45) is 4.09. The van der Waals surface area contributed by atoms with Crippen LogP contribution in [-0.2, 0) is 11.2 Å². The predicted molar refractivity (Wildman–Crippen MR) is 128 cm³/mol. The average molecular weight is 451 g/mol. The molecule has 5 rings (SSSR count). The van der Waals surface area contributed by atoms with Crippen LogP contribution in [0, 0.1) is 0 Å². The fraction of sp³-hybridized carbons (Fsp3) is 0.115. The van der Waals surface area contributed by atoms with Gasteiger partial charge >= 0.3 is 6.03 Å². The molecule has 0 aliphatic carbocycles. The summed E-state index contributed by atoms with van der Waals surface area (Å²) in [6, 6.07) is 21.0. The summed E-state index contributed by atoms with van der Waals surface area (Å²) in [5, 5.41) is 0. The van der Waals surface area contributed by atoms with Crippen LogP contribution in [0.1, 0.15) is 12.7 Å². The lowest BCUT2D eigenvalue weighted by Crippen LogP contribution is -2.32. The summed E-state index contributed by atoms with van der Waals surface area (Å²) in [7, 11) is 0. The molecule has 1 saturated heterocycles. The molecule has 0 radical (unpaired) electrons. The first-order valence-electron chi connectivity index (χ1n) is 10.9. The Bertz CT molecular complexity index is 1340. The molecule has 0 bridgehead atoms. The van der Waals surface area contributed by atoms with E-state index in [0.717, 1.165) is 23.5 Å². The first-order valence-corrected chi connectivity index (χ1v) is 10.9. The van der Waals surface area contributed by atoms with E-state index in [9.17, 15) is 9.59 Å². The molecule has 0 saturated carbocycles. The molecule has 3 heterocycles. The summed E-state index contributed by atoms with van der Waals surface area (Å²) in [5.41, 5.74) is 2.63. The summed E-state index contributed by atoms with van der Waals surface area (Å²) in [6.45, 7) is 1.99. The molecule has 4 aromatic rings. The second-order valence-corrected chi connectivity index (χ2v) is 7.60. The van der Waals surface area contributed by atoms with Crippen molar-refractivity contribution < 1.29 is 14.3 Å². The number of aromatic nitrogens is 3. The monoisotopic (exact) mass is 451 g/mol. The number of carbonyl (C=O) groups excluding carboxylic acids is 2. The lowest BCUT2D eigenvalue weighted by Gasteiger charge is -2.17. The van der Waals surface area contributed by atoms with Crippen molar-refractivity contribution in [2.24, 2.45) is 0 Å². The third-order valence-corrected chi connectivity index (χ3v) is 5.41. The number of benzene rings is 2. The van der Waals surface area contributed by atoms with Crippen molar-refractivity contribution >= 4 is 23.3 Å². The number of aryl methyl sites for hydroxylation is 1. The molecule has 34 heavy (non-hydrogen) atoms. The standard InChI is InChI=1S/C26H21N5O3/c1-2-23-27-16-14-22(29-23)21-9-6-15-28-25(21)34-20-12-10-19(11-13-20)31-24(32)17-30(26(31)33)18-7-4-3-5-8-18/h3-16H,2,17H2,1H3. The second-order valence-electron chi connectivity index (χ2n) is 7.60. The maximum atomic E-state index is 12.9. The van der Waals surface area contributed by atoms with Crippen LogP contribution in [0.4, 0.5) is 16.2 Å². The predicted octanol–water partition coefficient (Wildman–Crippen LogP) is 4.87. The highest BCUT2D eigenvalue weighted by atomic mass is 16.5. The van der Waals surface area contributed by atoms with E-state index < -0.39 is 0 Å². The van der Waals surface area contributed by atoms with Crippen LogP contribution < -0.4 is 14.5 Å². The first kappa shape index (κ1) is 21.3. The van der Waals surface area contributed by atoms with Gasteiger partial charge in [-0.25, -0.2) is 24.6 Å². The SMILES string of the molecule is CCc1nccc(-c2cccnc2Oc2ccc(N3C(=O)CN(c4ccccc4)C3=O)cc2)n1. The molecular formula is C26H21N5O3. The number of hydrogen-bond donors (Lipinski definition) is 0. The molecule has 8 nitrogen and oxygen atoms in total. The van der Waals surface area contributed by atoms with Gasteiger partial charge in [-0.2, -0.15) is 0 Å². The second kappa shape index (κ2) is 9.11. The van der Waals surface area contributed by atoms with Crippen LogP contribution in [0.2, 0.25) is 0 Å². The van der Waals surface area contributed by atoms with Gasteiger partial charge in [0.25, 0.3) is 5.91 Å². The number of para-hydroxylation sites is 1. The van der Waals surface area contributed by atoms with Crippen molar-refractivity contribution in [2.45, 2.75) is 13.3 Å². The molecule has 1 fully saturated rings. The molecule has 0 spiro atoms. The molecule has 1 aliphatic heterocycles. The van der Waals surface area contributed by atoms with Gasteiger partial charge in [-0.05, 0) is 54.6 Å². The van der Waals surface area contributed by atoms with Gasteiger partial charge in [0.15, 0.2) is 0 Å². The quantitative estimate of drug-likeness (QED) is 0.389. The number of hydrogen-bond acceptors (Lipinski definition) is 6. The summed E-state index contributed by atoms with van der Waals surface area (Å²) < 4.78 is 6.03. The van der Waals surface area contributed by atoms with Gasteiger partial charge in [0.05, 0.1) is 16.9 Å². The number of imide groups is 1. The van der Waals surface area contributed by atoms with Crippen LogP contribution in [-0.4, -0.2) is 33.4 Å². The van der Waals surface area contributed by atoms with Gasteiger partial charge in [0, 0.05) is 24.5 Å². The van der Waals surface area contributed by atoms with Gasteiger partial charge in [-0.15, -0.1) is 0 Å². The smallest absolute Gasteiger partial charge is 0.336 e. The van der Waals surface area contributed by atoms with Gasteiger partial charge < -0.3 is 4.74 Å². The topological polar surface area (TPSA) is 88.5 Å². The number of rotatable bonds is 6. The number of carbonyl (C=O) groups is 2. The molecule has 1 aliphatic rings. The molecule has 0 N–H and O–H groups in total. The van der Waals surface area contributed by atoms with Gasteiger partial charge in [0.1, 0.15) is 18.1 Å². The largest absolute Gasteiger partial charge is 0.438 e. The van der Waals surface area contributed by atoms with Crippen LogP contribution in [0.3, 0.4) is 0 Å². The number of nitrogens with zero attached hydrogens (tertiary/aromatic N) is 5. The van der Waals surface area contributed by atoms with E-state index in [1.807, 2.05) is 43.3 Å². The van der Waals surface area contributed by atoms with Crippen LogP contribution >= 0.6 is 0 Å². The van der Waals surface area contributed by atoms with E-state index in [1.54, 1.807) is 48.8 Å². The average Bonchev–Trinajstić information content (AvgIpc) is 3.19. The Kier molecular flexibility index (Phi) is 5.70. The summed E-state index contributed by atoms with van der Waals surface area (Å²) in [4.78, 5) is 41.3. The van der Waals surface area contributed by atoms with Crippen molar-refractivity contribution in [2.75, 3.05) is 16.3 Å². The minimum atomic E-state index is -0.382. The van der Waals surface area contributed by atoms with Crippen LogP contribution in [0.15, 0.2) is 85.2 Å². The Balaban J connectivity index is 1.37. The zero-order valence-corrected chi connectivity index (χ0v) is 18.5. The summed E-state index contributed by atoms with van der Waals surface area (Å²) in [5.74, 6) is 1.37. The lowest BCUT2D eigenvalue weighted by atomic mass is 10.2. The molecule has 2 aromatic heterocycles. The number of pyridine rings is 1. The molecule has 168 valence electrons. The van der Waals surface area contributed by atoms with Crippen LogP contribution in [0.25, 0.3) is 11.3 Å². The molecular weight excluding hydrogens is 430 g/mol. The molecule has 3 amide bonds. The highest BCUT2D eigenvalue weighted by molar-refractivity contribution is 6.26. The van der Waals surface area contributed by atoms with E-state index in [-0.39, 0.29) is 18.5 Å². The van der Waals surface area contributed by atoms with Crippen molar-refractivity contribution in [3.8, 4) is 22.9 Å². The van der Waals surface area contributed by atoms with Crippen molar-refractivity contribution in [1.82, 2.24) is 15.0 Å². The number of ether oxygens (including phenoxy) is 1. The maximum Gasteiger partial charge on any atom is 0.336 e. The third-order valence-electron chi connectivity index (χ3n) is 5.41.